The average Bonchev–Trinajstić information content (AvgIpc) is 2.86. The van der Waals surface area contributed by atoms with Gasteiger partial charge in [0.25, 0.3) is 0 Å². The molecule has 3 heteroatoms. The largest absolute Gasteiger partial charge is 0.185 e. The number of hydrogen-bond donors (Lipinski definition) is 0. The van der Waals surface area contributed by atoms with E-state index in [-0.39, 0.29) is 0 Å². The minimum atomic E-state index is -1.51. The first-order valence-corrected chi connectivity index (χ1v) is 18.9. The summed E-state index contributed by atoms with van der Waals surface area (Å²) in [6.45, 7) is 27.8. The van der Waals surface area contributed by atoms with Crippen LogP contribution in [0.3, 0.4) is 0 Å². The molecule has 0 aliphatic carbocycles. The van der Waals surface area contributed by atoms with Gasteiger partial charge in [0.05, 0.1) is 0 Å². The molecule has 0 bridgehead atoms. The zero-order valence-electron chi connectivity index (χ0n) is 26.4. The van der Waals surface area contributed by atoms with E-state index in [1.165, 1.54) is 60.8 Å². The Morgan fingerprint density at radius 1 is 0.513 bits per heavy atom. The Labute approximate surface area is 247 Å². The van der Waals surface area contributed by atoms with Gasteiger partial charge in [-0.15, -0.1) is 19.5 Å². The summed E-state index contributed by atoms with van der Waals surface area (Å²) < 4.78 is 0. The Balaban J connectivity index is 2.55. The van der Waals surface area contributed by atoms with Crippen molar-refractivity contribution in [2.75, 3.05) is 0 Å². The van der Waals surface area contributed by atoms with Crippen LogP contribution in [0.2, 0.25) is 0 Å². The molecule has 3 rings (SSSR count). The maximum absolute atomic E-state index is 7.22. The van der Waals surface area contributed by atoms with Crippen LogP contribution >= 0.6 is 19.5 Å². The van der Waals surface area contributed by atoms with Crippen LogP contribution in [0, 0.1) is 0 Å². The van der Waals surface area contributed by atoms with Crippen molar-refractivity contribution in [2.24, 2.45) is 0 Å². The molecule has 0 aromatic heterocycles. The topological polar surface area (TPSA) is 0 Å². The molecule has 0 aliphatic rings. The normalized spacial score (nSPS) is 12.2. The highest BCUT2D eigenvalue weighted by Crippen LogP contribution is 2.42. The van der Waals surface area contributed by atoms with Crippen LogP contribution in [0.4, 0.5) is 0 Å². The molecule has 39 heavy (non-hydrogen) atoms. The summed E-state index contributed by atoms with van der Waals surface area (Å²) >= 11 is 7.22. The first-order valence-electron chi connectivity index (χ1n) is 14.9. The third-order valence-electron chi connectivity index (χ3n) is 8.09. The molecule has 0 saturated heterocycles. The van der Waals surface area contributed by atoms with E-state index >= 15 is 0 Å². The summed E-state index contributed by atoms with van der Waals surface area (Å²) in [6.07, 6.45) is 0. The van der Waals surface area contributed by atoms with Gasteiger partial charge in [-0.2, -0.15) is 0 Å². The minimum absolute atomic E-state index is 0.413. The molecule has 3 aromatic carbocycles. The molecule has 0 aliphatic heterocycles. The van der Waals surface area contributed by atoms with Crippen molar-refractivity contribution in [1.29, 1.82) is 0 Å². The molecule has 0 saturated carbocycles. The van der Waals surface area contributed by atoms with Gasteiger partial charge in [0.15, 0.2) is 7.36 Å². The second kappa shape index (κ2) is 13.0. The molecule has 0 unspecified atom stereocenters. The second-order valence-electron chi connectivity index (χ2n) is 13.1. The van der Waals surface area contributed by atoms with Crippen molar-refractivity contribution in [1.82, 2.24) is 0 Å². The molecular weight excluding hydrogens is 527 g/mol. The molecule has 0 N–H and O–H groups in total. The van der Waals surface area contributed by atoms with E-state index in [9.17, 15) is 0 Å². The van der Waals surface area contributed by atoms with Crippen molar-refractivity contribution in [3.8, 4) is 22.3 Å². The van der Waals surface area contributed by atoms with Crippen molar-refractivity contribution >= 4 is 32.0 Å². The van der Waals surface area contributed by atoms with Crippen molar-refractivity contribution < 1.29 is 0 Å². The highest BCUT2D eigenvalue weighted by molar-refractivity contribution is 7.52. The first kappa shape index (κ1) is 32.0. The van der Waals surface area contributed by atoms with Crippen LogP contribution in [-0.4, -0.2) is 7.36 Å². The Kier molecular flexibility index (Phi) is 10.6. The molecule has 0 fully saturated rings. The lowest BCUT2D eigenvalue weighted by Crippen LogP contribution is -2.22. The lowest BCUT2D eigenvalue weighted by Gasteiger charge is -2.28. The van der Waals surface area contributed by atoms with Gasteiger partial charge in [-0.3, -0.25) is 0 Å². The molecule has 0 nitrogen and oxygen atoms in total. The maximum Gasteiger partial charge on any atom is 0.185 e. The number of hydrogen-bond acceptors (Lipinski definition) is 0. The smallest absolute Gasteiger partial charge is 0.130 e. The van der Waals surface area contributed by atoms with Gasteiger partial charge in [-0.05, 0) is 96.3 Å². The summed E-state index contributed by atoms with van der Waals surface area (Å²) in [5, 5.41) is 1.28. The lowest BCUT2D eigenvalue weighted by atomic mass is 9.79. The first-order chi connectivity index (χ1) is 18.2. The number of halogens is 1. The summed E-state index contributed by atoms with van der Waals surface area (Å²) in [7, 11) is 2.52. The van der Waals surface area contributed by atoms with E-state index in [2.05, 4.69) is 134 Å². The SMILES string of the molecule is CC(C)c1cc(C(C)C)c(-c2cccc(-c3c(C(C)C)cc(C(C)C)cc3C(C)C)c2[Si](=P)Cl)c(C(C)C)c1. The van der Waals surface area contributed by atoms with Crippen molar-refractivity contribution in [2.45, 2.75) is 119 Å². The highest BCUT2D eigenvalue weighted by atomic mass is 35.6. The quantitative estimate of drug-likeness (QED) is 0.135. The third-order valence-corrected chi connectivity index (χ3v) is 10.4. The van der Waals surface area contributed by atoms with E-state index in [0.29, 0.717) is 35.5 Å². The van der Waals surface area contributed by atoms with Crippen LogP contribution in [-0.2, 0) is 0 Å². The van der Waals surface area contributed by atoms with Gasteiger partial charge in [0.2, 0.25) is 0 Å². The Morgan fingerprint density at radius 2 is 0.795 bits per heavy atom. The van der Waals surface area contributed by atoms with Gasteiger partial charge in [0, 0.05) is 0 Å². The molecule has 0 radical (unpaired) electrons. The van der Waals surface area contributed by atoms with Crippen molar-refractivity contribution in [3.63, 3.8) is 0 Å². The van der Waals surface area contributed by atoms with Gasteiger partial charge in [0.1, 0.15) is 0 Å². The van der Waals surface area contributed by atoms with Gasteiger partial charge in [-0.25, -0.2) is 0 Å². The van der Waals surface area contributed by atoms with Crippen LogP contribution in [0.25, 0.3) is 22.3 Å². The highest BCUT2D eigenvalue weighted by Gasteiger charge is 2.26. The molecule has 0 atom stereocenters. The van der Waals surface area contributed by atoms with Gasteiger partial charge in [-0.1, -0.05) is 126 Å². The van der Waals surface area contributed by atoms with Crippen LogP contribution in [0.5, 0.6) is 0 Å². The molecule has 210 valence electrons. The predicted octanol–water partition coefficient (Wildman–Crippen LogP) is 11.8. The second-order valence-corrected chi connectivity index (χ2v) is 17.8. The van der Waals surface area contributed by atoms with Crippen molar-refractivity contribution in [3.05, 3.63) is 75.8 Å². The van der Waals surface area contributed by atoms with E-state index in [1.807, 2.05) is 0 Å². The minimum Gasteiger partial charge on any atom is -0.130 e. The zero-order valence-corrected chi connectivity index (χ0v) is 29.1. The maximum atomic E-state index is 7.22. The third kappa shape index (κ3) is 6.69. The number of rotatable bonds is 9. The fraction of sp³-hybridized carbons (Fsp3) is 0.500. The lowest BCUT2D eigenvalue weighted by molar-refractivity contribution is 0.807. The Bertz CT molecular complexity index is 1190. The fourth-order valence-electron chi connectivity index (χ4n) is 5.74. The predicted molar refractivity (Wildman–Crippen MR) is 181 cm³/mol. The van der Waals surface area contributed by atoms with E-state index < -0.39 is 7.36 Å². The Morgan fingerprint density at radius 3 is 1.00 bits per heavy atom. The van der Waals surface area contributed by atoms with Crippen LogP contribution in [0.15, 0.2) is 42.5 Å². The molecule has 0 amide bonds. The van der Waals surface area contributed by atoms with E-state index in [0.717, 1.165) is 0 Å². The Hall–Kier alpha value is -1.53. The summed E-state index contributed by atoms with van der Waals surface area (Å²) in [6, 6.07) is 16.7. The summed E-state index contributed by atoms with van der Waals surface area (Å²) in [5.74, 6) is 2.63. The number of benzene rings is 3. The summed E-state index contributed by atoms with van der Waals surface area (Å²) in [5.41, 5.74) is 13.9. The molecule has 3 aromatic rings. The molecular formula is C36H50ClPSi. The molecule has 0 heterocycles. The fourth-order valence-corrected chi connectivity index (χ4v) is 8.05. The van der Waals surface area contributed by atoms with E-state index in [1.54, 1.807) is 0 Å². The van der Waals surface area contributed by atoms with Crippen LogP contribution in [0.1, 0.15) is 152 Å². The molecule has 0 spiro atoms. The average molecular weight is 577 g/mol. The monoisotopic (exact) mass is 576 g/mol. The van der Waals surface area contributed by atoms with Gasteiger partial charge < -0.3 is 0 Å². The van der Waals surface area contributed by atoms with Crippen LogP contribution < -0.4 is 5.19 Å². The summed E-state index contributed by atoms with van der Waals surface area (Å²) in [4.78, 5) is 0. The van der Waals surface area contributed by atoms with E-state index in [4.69, 9.17) is 11.1 Å². The zero-order chi connectivity index (χ0) is 29.3. The standard InChI is InChI=1S/C36H50ClPSi/c1-20(2)26-16-30(22(5)6)34(31(17-26)23(7)8)28-14-13-15-29(36(28)39(37)38)35-32(24(9)10)18-27(21(3)4)19-33(35)25(11)12/h13-25,38H,1-12H3. The van der Waals surface area contributed by atoms with Gasteiger partial charge >= 0.3 is 0 Å².